The molecule has 0 saturated heterocycles. The van der Waals surface area contributed by atoms with E-state index in [1.165, 1.54) is 11.6 Å². The molecule has 30 heavy (non-hydrogen) atoms. The molecule has 0 aliphatic heterocycles. The molecule has 0 radical (unpaired) electrons. The molecule has 0 bridgehead atoms. The Balaban J connectivity index is 1.67. The molecule has 0 amide bonds. The normalized spacial score (nSPS) is 12.7. The summed E-state index contributed by atoms with van der Waals surface area (Å²) in [5.74, 6) is -0.152. The Bertz CT molecular complexity index is 1020. The first-order valence-corrected chi connectivity index (χ1v) is 10.5. The smallest absolute Gasteiger partial charge is 0.130 e. The topological polar surface area (TPSA) is 0 Å². The molecule has 2 heteroatoms. The minimum Gasteiger partial charge on any atom is -0.207 e. The second kappa shape index (κ2) is 10.7. The number of benzene rings is 3. The monoisotopic (exact) mass is 402 g/mol. The largest absolute Gasteiger partial charge is 0.207 e. The first kappa shape index (κ1) is 21.7. The van der Waals surface area contributed by atoms with Crippen LogP contribution in [0.4, 0.5) is 8.78 Å². The molecule has 1 unspecified atom stereocenters. The third-order valence-corrected chi connectivity index (χ3v) is 5.32. The third kappa shape index (κ3) is 6.00. The van der Waals surface area contributed by atoms with Crippen LogP contribution < -0.4 is 0 Å². The van der Waals surface area contributed by atoms with Crippen molar-refractivity contribution < 1.29 is 8.78 Å². The van der Waals surface area contributed by atoms with Gasteiger partial charge in [-0.05, 0) is 66.5 Å². The molecule has 3 aromatic rings. The lowest BCUT2D eigenvalue weighted by atomic mass is 9.93. The van der Waals surface area contributed by atoms with Crippen molar-refractivity contribution in [1.29, 1.82) is 0 Å². The molecule has 154 valence electrons. The Morgan fingerprint density at radius 3 is 2.37 bits per heavy atom. The van der Waals surface area contributed by atoms with Crippen LogP contribution >= 0.6 is 0 Å². The van der Waals surface area contributed by atoms with Gasteiger partial charge in [0.2, 0.25) is 0 Å². The van der Waals surface area contributed by atoms with Crippen molar-refractivity contribution in [2.24, 2.45) is 0 Å². The van der Waals surface area contributed by atoms with Crippen LogP contribution in [0.5, 0.6) is 0 Å². The minimum atomic E-state index is -0.257. The van der Waals surface area contributed by atoms with Crippen molar-refractivity contribution >= 4 is 12.2 Å². The second-order valence-corrected chi connectivity index (χ2v) is 7.66. The number of hydrogen-bond acceptors (Lipinski definition) is 0. The van der Waals surface area contributed by atoms with Crippen LogP contribution in [0.25, 0.3) is 12.2 Å². The summed E-state index contributed by atoms with van der Waals surface area (Å²) in [6.45, 7) is 4.11. The van der Waals surface area contributed by atoms with Crippen LogP contribution in [-0.2, 0) is 12.8 Å². The second-order valence-electron chi connectivity index (χ2n) is 7.66. The predicted molar refractivity (Wildman–Crippen MR) is 123 cm³/mol. The van der Waals surface area contributed by atoms with Crippen molar-refractivity contribution in [1.82, 2.24) is 0 Å². The van der Waals surface area contributed by atoms with Crippen LogP contribution in [0, 0.1) is 11.6 Å². The molecule has 0 fully saturated rings. The van der Waals surface area contributed by atoms with Crippen LogP contribution in [-0.4, -0.2) is 0 Å². The molecule has 0 N–H and O–H groups in total. The minimum absolute atomic E-state index is 0.215. The van der Waals surface area contributed by atoms with Crippen molar-refractivity contribution in [3.05, 3.63) is 118 Å². The molecule has 1 atom stereocenters. The Hall–Kier alpha value is -3.00. The van der Waals surface area contributed by atoms with Gasteiger partial charge in [-0.15, -0.1) is 0 Å². The lowest BCUT2D eigenvalue weighted by molar-refractivity contribution is 0.609. The van der Waals surface area contributed by atoms with E-state index in [1.807, 2.05) is 55.5 Å². The molecular weight excluding hydrogens is 374 g/mol. The standard InChI is InChI=1S/C28H28F2/c1-3-4-6-11-25-15-12-22(19-27(25)29)13-16-26-17-14-23(20-28(26)30)18-21(2)24-9-7-5-8-10-24/h3-5,7-10,12-17,19-21H,6,11,18H2,1-2H3/b4-3+,16-13+. The maximum absolute atomic E-state index is 14.6. The summed E-state index contributed by atoms with van der Waals surface area (Å²) in [5.41, 5.74) is 4.15. The van der Waals surface area contributed by atoms with E-state index in [0.717, 1.165) is 24.0 Å². The summed E-state index contributed by atoms with van der Waals surface area (Å²) in [6.07, 6.45) is 9.74. The predicted octanol–water partition coefficient (Wildman–Crippen LogP) is 7.99. The van der Waals surface area contributed by atoms with Crippen LogP contribution in [0.2, 0.25) is 0 Å². The maximum Gasteiger partial charge on any atom is 0.130 e. The van der Waals surface area contributed by atoms with Gasteiger partial charge >= 0.3 is 0 Å². The Morgan fingerprint density at radius 2 is 1.67 bits per heavy atom. The summed E-state index contributed by atoms with van der Waals surface area (Å²) in [5, 5.41) is 0. The number of allylic oxidation sites excluding steroid dienone is 2. The highest BCUT2D eigenvalue weighted by atomic mass is 19.1. The Kier molecular flexibility index (Phi) is 7.73. The van der Waals surface area contributed by atoms with Gasteiger partial charge in [0.1, 0.15) is 11.6 Å². The summed E-state index contributed by atoms with van der Waals surface area (Å²) >= 11 is 0. The van der Waals surface area contributed by atoms with Crippen molar-refractivity contribution in [3.8, 4) is 0 Å². The average Bonchev–Trinajstić information content (AvgIpc) is 2.75. The molecule has 0 heterocycles. The van der Waals surface area contributed by atoms with Crippen molar-refractivity contribution in [2.75, 3.05) is 0 Å². The van der Waals surface area contributed by atoms with Gasteiger partial charge in [0.05, 0.1) is 0 Å². The van der Waals surface area contributed by atoms with Gasteiger partial charge in [0, 0.05) is 5.56 Å². The van der Waals surface area contributed by atoms with Crippen molar-refractivity contribution in [3.63, 3.8) is 0 Å². The molecule has 3 rings (SSSR count). The Labute approximate surface area is 178 Å². The van der Waals surface area contributed by atoms with Crippen molar-refractivity contribution in [2.45, 2.75) is 39.0 Å². The molecule has 0 saturated carbocycles. The fourth-order valence-corrected chi connectivity index (χ4v) is 3.55. The fourth-order valence-electron chi connectivity index (χ4n) is 3.55. The first-order valence-electron chi connectivity index (χ1n) is 10.5. The first-order chi connectivity index (χ1) is 14.6. The van der Waals surface area contributed by atoms with E-state index in [2.05, 4.69) is 19.1 Å². The number of hydrogen-bond donors (Lipinski definition) is 0. The van der Waals surface area contributed by atoms with Gasteiger partial charge in [-0.2, -0.15) is 0 Å². The van der Waals surface area contributed by atoms with E-state index in [9.17, 15) is 8.78 Å². The van der Waals surface area contributed by atoms with E-state index in [4.69, 9.17) is 0 Å². The number of halogens is 2. The quantitative estimate of drug-likeness (QED) is 0.264. The lowest BCUT2D eigenvalue weighted by Gasteiger charge is -2.12. The van der Waals surface area contributed by atoms with Gasteiger partial charge in [-0.3, -0.25) is 0 Å². The van der Waals surface area contributed by atoms with E-state index < -0.39 is 0 Å². The van der Waals surface area contributed by atoms with Crippen LogP contribution in [0.15, 0.2) is 78.9 Å². The van der Waals surface area contributed by atoms with E-state index in [1.54, 1.807) is 24.3 Å². The Morgan fingerprint density at radius 1 is 0.867 bits per heavy atom. The summed E-state index contributed by atoms with van der Waals surface area (Å²) in [4.78, 5) is 0. The third-order valence-electron chi connectivity index (χ3n) is 5.32. The lowest BCUT2D eigenvalue weighted by Crippen LogP contribution is -1.99. The summed E-state index contributed by atoms with van der Waals surface area (Å²) in [7, 11) is 0. The maximum atomic E-state index is 14.6. The van der Waals surface area contributed by atoms with Gasteiger partial charge in [0.25, 0.3) is 0 Å². The van der Waals surface area contributed by atoms with Crippen LogP contribution in [0.1, 0.15) is 54.0 Å². The molecule has 0 aromatic heterocycles. The van der Waals surface area contributed by atoms with Gasteiger partial charge in [-0.1, -0.05) is 85.8 Å². The molecule has 3 aromatic carbocycles. The number of rotatable bonds is 8. The van der Waals surface area contributed by atoms with E-state index in [0.29, 0.717) is 23.5 Å². The fraction of sp³-hybridized carbons (Fsp3) is 0.214. The summed E-state index contributed by atoms with van der Waals surface area (Å²) in [6, 6.07) is 20.8. The van der Waals surface area contributed by atoms with E-state index in [-0.39, 0.29) is 11.6 Å². The zero-order chi connectivity index (χ0) is 21.3. The van der Waals surface area contributed by atoms with Gasteiger partial charge in [-0.25, -0.2) is 8.78 Å². The van der Waals surface area contributed by atoms with Crippen LogP contribution in [0.3, 0.4) is 0 Å². The molecule has 0 spiro atoms. The van der Waals surface area contributed by atoms with E-state index >= 15 is 0 Å². The molecule has 0 aliphatic rings. The van der Waals surface area contributed by atoms with Gasteiger partial charge in [0.15, 0.2) is 0 Å². The molecular formula is C28H28F2. The summed E-state index contributed by atoms with van der Waals surface area (Å²) < 4.78 is 28.9. The zero-order valence-corrected chi connectivity index (χ0v) is 17.6. The molecule has 0 aliphatic carbocycles. The highest BCUT2D eigenvalue weighted by molar-refractivity contribution is 5.70. The average molecular weight is 403 g/mol. The highest BCUT2D eigenvalue weighted by Crippen LogP contribution is 2.22. The number of aryl methyl sites for hydroxylation is 1. The highest BCUT2D eigenvalue weighted by Gasteiger charge is 2.08. The SMILES string of the molecule is C/C=C/CCc1ccc(/C=C/c2ccc(CC(C)c3ccccc3)cc2F)cc1F. The van der Waals surface area contributed by atoms with Gasteiger partial charge < -0.3 is 0 Å². The zero-order valence-electron chi connectivity index (χ0n) is 17.6. The molecule has 0 nitrogen and oxygen atoms in total.